The van der Waals surface area contributed by atoms with E-state index in [9.17, 15) is 9.59 Å². The molecule has 2 heterocycles. The van der Waals surface area contributed by atoms with Crippen LogP contribution in [-0.2, 0) is 9.59 Å². The zero-order valence-corrected chi connectivity index (χ0v) is 19.3. The second-order valence-corrected chi connectivity index (χ2v) is 9.49. The van der Waals surface area contributed by atoms with Gasteiger partial charge in [0.05, 0.1) is 6.54 Å². The summed E-state index contributed by atoms with van der Waals surface area (Å²) in [4.78, 5) is 29.5. The number of piperazine rings is 1. The van der Waals surface area contributed by atoms with Crippen LogP contribution in [0.1, 0.15) is 51.9 Å². The monoisotopic (exact) mass is 448 g/mol. The lowest BCUT2D eigenvalue weighted by molar-refractivity contribution is -0.135. The van der Waals surface area contributed by atoms with Crippen LogP contribution in [0.5, 0.6) is 0 Å². The minimum absolute atomic E-state index is 0. The first-order chi connectivity index (χ1) is 13.1. The maximum Gasteiger partial charge on any atom is 0.234 e. The molecule has 4 rings (SSSR count). The Kier molecular flexibility index (Phi) is 9.07. The number of nitrogens with one attached hydrogen (secondary N) is 2. The summed E-state index contributed by atoms with van der Waals surface area (Å²) in [5.74, 6) is 1.60. The fourth-order valence-corrected chi connectivity index (χ4v) is 5.40. The zero-order valence-electron chi connectivity index (χ0n) is 17.7. The highest BCUT2D eigenvalue weighted by Gasteiger charge is 2.58. The van der Waals surface area contributed by atoms with E-state index >= 15 is 0 Å². The van der Waals surface area contributed by atoms with E-state index in [1.165, 1.54) is 12.8 Å². The van der Waals surface area contributed by atoms with Crippen LogP contribution in [0.4, 0.5) is 0 Å². The Morgan fingerprint density at radius 2 is 1.62 bits per heavy atom. The molecule has 0 aromatic rings. The largest absolute Gasteiger partial charge is 0.352 e. The smallest absolute Gasteiger partial charge is 0.234 e. The Morgan fingerprint density at radius 1 is 1.00 bits per heavy atom. The molecule has 168 valence electrons. The molecular formula is C21H38Cl2N4O2. The predicted octanol–water partition coefficient (Wildman–Crippen LogP) is 2.06. The van der Waals surface area contributed by atoms with Gasteiger partial charge in [-0.3, -0.25) is 14.5 Å². The van der Waals surface area contributed by atoms with Gasteiger partial charge in [-0.2, -0.15) is 0 Å². The minimum atomic E-state index is 0. The number of nitrogens with zero attached hydrogens (tertiary/aromatic N) is 2. The highest BCUT2D eigenvalue weighted by molar-refractivity contribution is 5.85. The summed E-state index contributed by atoms with van der Waals surface area (Å²) in [6.45, 7) is 8.10. The van der Waals surface area contributed by atoms with Crippen molar-refractivity contribution in [2.24, 2.45) is 17.3 Å². The van der Waals surface area contributed by atoms with Gasteiger partial charge in [0.15, 0.2) is 0 Å². The van der Waals surface area contributed by atoms with Gasteiger partial charge in [-0.1, -0.05) is 6.92 Å². The van der Waals surface area contributed by atoms with E-state index in [0.717, 1.165) is 77.3 Å². The number of amides is 2. The predicted molar refractivity (Wildman–Crippen MR) is 120 cm³/mol. The number of halogens is 2. The summed E-state index contributed by atoms with van der Waals surface area (Å²) < 4.78 is 0. The van der Waals surface area contributed by atoms with Crippen molar-refractivity contribution < 1.29 is 9.59 Å². The molecule has 0 bridgehead atoms. The second-order valence-electron chi connectivity index (χ2n) is 9.49. The van der Waals surface area contributed by atoms with Crippen molar-refractivity contribution in [3.63, 3.8) is 0 Å². The van der Waals surface area contributed by atoms with Crippen LogP contribution in [0.2, 0.25) is 0 Å². The number of rotatable bonds is 4. The average molecular weight is 449 g/mol. The topological polar surface area (TPSA) is 64.7 Å². The van der Waals surface area contributed by atoms with Gasteiger partial charge >= 0.3 is 0 Å². The third-order valence-electron chi connectivity index (χ3n) is 7.52. The van der Waals surface area contributed by atoms with Crippen LogP contribution < -0.4 is 10.6 Å². The average Bonchev–Trinajstić information content (AvgIpc) is 3.37. The summed E-state index contributed by atoms with van der Waals surface area (Å²) in [7, 11) is 0. The van der Waals surface area contributed by atoms with Gasteiger partial charge in [0.1, 0.15) is 0 Å². The van der Waals surface area contributed by atoms with Gasteiger partial charge in [-0.15, -0.1) is 24.8 Å². The molecule has 6 nitrogen and oxygen atoms in total. The van der Waals surface area contributed by atoms with Crippen molar-refractivity contribution in [1.82, 2.24) is 20.4 Å². The lowest BCUT2D eigenvalue weighted by atomic mass is 9.87. The highest BCUT2D eigenvalue weighted by Crippen LogP contribution is 2.59. The van der Waals surface area contributed by atoms with Gasteiger partial charge in [0.25, 0.3) is 0 Å². The normalized spacial score (nSPS) is 31.3. The Labute approximate surface area is 187 Å². The molecule has 0 aromatic heterocycles. The van der Waals surface area contributed by atoms with Crippen LogP contribution in [0.25, 0.3) is 0 Å². The summed E-state index contributed by atoms with van der Waals surface area (Å²) in [6.07, 6.45) is 8.10. The molecule has 0 radical (unpaired) electrons. The Morgan fingerprint density at radius 3 is 2.24 bits per heavy atom. The molecular weight excluding hydrogens is 411 g/mol. The lowest BCUT2D eigenvalue weighted by Crippen LogP contribution is -2.52. The maximum atomic E-state index is 12.9. The van der Waals surface area contributed by atoms with E-state index in [1.54, 1.807) is 0 Å². The Balaban J connectivity index is 0.00000150. The molecule has 8 heteroatoms. The molecule has 2 aliphatic carbocycles. The van der Waals surface area contributed by atoms with Crippen LogP contribution >= 0.6 is 24.8 Å². The first-order valence-electron chi connectivity index (χ1n) is 11.1. The van der Waals surface area contributed by atoms with Gasteiger partial charge in [0.2, 0.25) is 11.8 Å². The number of carbonyl (C=O) groups is 2. The van der Waals surface area contributed by atoms with Crippen LogP contribution in [-0.4, -0.2) is 73.5 Å². The van der Waals surface area contributed by atoms with Gasteiger partial charge < -0.3 is 15.5 Å². The van der Waals surface area contributed by atoms with Crippen molar-refractivity contribution in [2.75, 3.05) is 45.8 Å². The van der Waals surface area contributed by atoms with Crippen molar-refractivity contribution in [3.05, 3.63) is 0 Å². The molecule has 2 N–H and O–H groups in total. The van der Waals surface area contributed by atoms with E-state index in [-0.39, 0.29) is 36.6 Å². The van der Waals surface area contributed by atoms with Crippen molar-refractivity contribution >= 4 is 36.6 Å². The summed E-state index contributed by atoms with van der Waals surface area (Å²) in [5.41, 5.74) is 0.316. The molecule has 2 saturated heterocycles. The minimum Gasteiger partial charge on any atom is -0.352 e. The fourth-order valence-electron chi connectivity index (χ4n) is 5.40. The molecule has 2 aliphatic heterocycles. The highest BCUT2D eigenvalue weighted by atomic mass is 35.5. The first-order valence-corrected chi connectivity index (χ1v) is 11.1. The van der Waals surface area contributed by atoms with Gasteiger partial charge in [-0.25, -0.2) is 0 Å². The third-order valence-corrected chi connectivity index (χ3v) is 7.52. The zero-order chi connectivity index (χ0) is 18.9. The molecule has 2 saturated carbocycles. The summed E-state index contributed by atoms with van der Waals surface area (Å²) in [5, 5.41) is 6.63. The number of piperidine rings is 1. The van der Waals surface area contributed by atoms with E-state index in [4.69, 9.17) is 0 Å². The quantitative estimate of drug-likeness (QED) is 0.690. The molecule has 1 spiro atoms. The van der Waals surface area contributed by atoms with E-state index in [1.807, 2.05) is 0 Å². The molecule has 2 amide bonds. The Bertz CT molecular complexity index is 555. The molecule has 0 aromatic carbocycles. The summed E-state index contributed by atoms with van der Waals surface area (Å²) >= 11 is 0. The van der Waals surface area contributed by atoms with E-state index in [0.29, 0.717) is 23.9 Å². The van der Waals surface area contributed by atoms with Crippen molar-refractivity contribution in [3.8, 4) is 0 Å². The molecule has 29 heavy (non-hydrogen) atoms. The van der Waals surface area contributed by atoms with Crippen LogP contribution in [0.3, 0.4) is 0 Å². The van der Waals surface area contributed by atoms with E-state index < -0.39 is 0 Å². The number of hydrogen-bond acceptors (Lipinski definition) is 4. The Hall–Kier alpha value is -0.560. The lowest BCUT2D eigenvalue weighted by Gasteiger charge is -2.35. The second kappa shape index (κ2) is 10.7. The molecule has 4 fully saturated rings. The molecule has 4 aliphatic rings. The fraction of sp³-hybridized carbons (Fsp3) is 0.905. The van der Waals surface area contributed by atoms with Crippen LogP contribution in [0.15, 0.2) is 0 Å². The standard InChI is InChI=1S/C21H36N4O2.2ClH/c1-16-2-4-17(5-3-16)23-19(26)15-24-10-12-25(13-11-24)20(27)18-14-21(18)6-8-22-9-7-21;;/h16-18,22H,2-15H2,1H3,(H,23,26);2*1H. The first kappa shape index (κ1) is 24.7. The van der Waals surface area contributed by atoms with E-state index in [2.05, 4.69) is 27.4 Å². The molecule has 1 unspecified atom stereocenters. The van der Waals surface area contributed by atoms with Gasteiger partial charge in [0, 0.05) is 38.1 Å². The number of carbonyl (C=O) groups excluding carboxylic acids is 2. The SMILES string of the molecule is CC1CCC(NC(=O)CN2CCN(C(=O)C3CC34CCNCC4)CC2)CC1.Cl.Cl. The van der Waals surface area contributed by atoms with Crippen LogP contribution in [0, 0.1) is 17.3 Å². The summed E-state index contributed by atoms with van der Waals surface area (Å²) in [6, 6.07) is 0.368. The maximum absolute atomic E-state index is 12.9. The van der Waals surface area contributed by atoms with Crippen molar-refractivity contribution in [1.29, 1.82) is 0 Å². The third kappa shape index (κ3) is 5.99. The molecule has 1 atom stereocenters. The van der Waals surface area contributed by atoms with Crippen molar-refractivity contribution in [2.45, 2.75) is 57.9 Å². The van der Waals surface area contributed by atoms with Gasteiger partial charge in [-0.05, 0) is 69.4 Å². The number of hydrogen-bond donors (Lipinski definition) is 2.